The molecule has 1 heterocycles. The minimum Gasteiger partial charge on any atom is -0.447 e. The molecule has 0 saturated carbocycles. The van der Waals surface area contributed by atoms with Gasteiger partial charge in [-0.25, -0.2) is 4.98 Å². The fourth-order valence-electron chi connectivity index (χ4n) is 1.26. The first-order valence-electron chi connectivity index (χ1n) is 4.65. The van der Waals surface area contributed by atoms with E-state index < -0.39 is 0 Å². The van der Waals surface area contributed by atoms with Gasteiger partial charge in [-0.05, 0) is 26.4 Å². The van der Waals surface area contributed by atoms with Gasteiger partial charge >= 0.3 is 0 Å². The molecule has 0 saturated heterocycles. The molecule has 0 fully saturated rings. The summed E-state index contributed by atoms with van der Waals surface area (Å²) in [5, 5.41) is 0. The van der Waals surface area contributed by atoms with Crippen molar-refractivity contribution in [1.29, 1.82) is 0 Å². The second-order valence-corrected chi connectivity index (χ2v) is 4.06. The minimum atomic E-state index is 0.631. The summed E-state index contributed by atoms with van der Waals surface area (Å²) in [6.45, 7) is 5.21. The Kier molecular flexibility index (Phi) is 3.48. The molecule has 1 aromatic heterocycles. The van der Waals surface area contributed by atoms with Crippen molar-refractivity contribution >= 4 is 0 Å². The molecule has 0 atom stereocenters. The fraction of sp³-hybridized carbons (Fsp3) is 0.700. The summed E-state index contributed by atoms with van der Waals surface area (Å²) in [6.07, 6.45) is 2.54. The van der Waals surface area contributed by atoms with Gasteiger partial charge in [0.15, 0.2) is 6.39 Å². The van der Waals surface area contributed by atoms with Crippen LogP contribution in [0.25, 0.3) is 0 Å². The molecule has 0 aliphatic carbocycles. The van der Waals surface area contributed by atoms with Gasteiger partial charge in [0.2, 0.25) is 0 Å². The zero-order chi connectivity index (χ0) is 9.84. The van der Waals surface area contributed by atoms with Crippen LogP contribution in [0.2, 0.25) is 0 Å². The molecule has 74 valence electrons. The largest absolute Gasteiger partial charge is 0.447 e. The smallest absolute Gasteiger partial charge is 0.181 e. The lowest BCUT2D eigenvalue weighted by Gasteiger charge is -2.08. The van der Waals surface area contributed by atoms with E-state index in [2.05, 4.69) is 23.7 Å². The zero-order valence-electron chi connectivity index (χ0n) is 8.87. The van der Waals surface area contributed by atoms with E-state index >= 15 is 0 Å². The molecular formula is C10H18N2O. The Morgan fingerprint density at radius 1 is 1.46 bits per heavy atom. The van der Waals surface area contributed by atoms with E-state index in [9.17, 15) is 0 Å². The lowest BCUT2D eigenvalue weighted by molar-refractivity contribution is 0.347. The maximum absolute atomic E-state index is 5.32. The normalized spacial score (nSPS) is 11.5. The van der Waals surface area contributed by atoms with Crippen molar-refractivity contribution in [3.05, 3.63) is 17.8 Å². The molecule has 0 aliphatic heterocycles. The maximum atomic E-state index is 5.32. The van der Waals surface area contributed by atoms with Crippen molar-refractivity contribution in [2.75, 3.05) is 14.1 Å². The molecule has 0 amide bonds. The predicted octanol–water partition coefficient (Wildman–Crippen LogP) is 1.93. The Hall–Kier alpha value is -0.830. The van der Waals surface area contributed by atoms with Crippen molar-refractivity contribution in [3.63, 3.8) is 0 Å². The monoisotopic (exact) mass is 182 g/mol. The van der Waals surface area contributed by atoms with Crippen LogP contribution in [0.3, 0.4) is 0 Å². The van der Waals surface area contributed by atoms with E-state index in [1.807, 2.05) is 14.1 Å². The molecule has 3 heteroatoms. The van der Waals surface area contributed by atoms with Gasteiger partial charge in [-0.15, -0.1) is 0 Å². The van der Waals surface area contributed by atoms with E-state index in [4.69, 9.17) is 4.42 Å². The second-order valence-electron chi connectivity index (χ2n) is 4.06. The summed E-state index contributed by atoms with van der Waals surface area (Å²) in [7, 11) is 4.06. The lowest BCUT2D eigenvalue weighted by Crippen LogP contribution is -2.12. The predicted molar refractivity (Wildman–Crippen MR) is 52.4 cm³/mol. The second kappa shape index (κ2) is 4.42. The molecule has 0 spiro atoms. The Labute approximate surface area is 79.8 Å². The lowest BCUT2D eigenvalue weighted by atomic mass is 10.1. The van der Waals surface area contributed by atoms with E-state index in [1.165, 1.54) is 6.39 Å². The molecule has 0 unspecified atom stereocenters. The highest BCUT2D eigenvalue weighted by Crippen LogP contribution is 2.13. The third-order valence-corrected chi connectivity index (χ3v) is 1.79. The van der Waals surface area contributed by atoms with Crippen LogP contribution < -0.4 is 0 Å². The highest BCUT2D eigenvalue weighted by molar-refractivity contribution is 5.07. The first-order valence-corrected chi connectivity index (χ1v) is 4.65. The highest BCUT2D eigenvalue weighted by atomic mass is 16.3. The van der Waals surface area contributed by atoms with Gasteiger partial charge in [-0.2, -0.15) is 0 Å². The van der Waals surface area contributed by atoms with Crippen LogP contribution in [0, 0.1) is 5.92 Å². The van der Waals surface area contributed by atoms with Crippen LogP contribution >= 0.6 is 0 Å². The number of oxazole rings is 1. The van der Waals surface area contributed by atoms with Crippen LogP contribution in [0.1, 0.15) is 25.3 Å². The molecular weight excluding hydrogens is 164 g/mol. The molecule has 0 aliphatic rings. The van der Waals surface area contributed by atoms with Crippen molar-refractivity contribution < 1.29 is 4.42 Å². The SMILES string of the molecule is CC(C)Cc1ncoc1CN(C)C. The summed E-state index contributed by atoms with van der Waals surface area (Å²) >= 11 is 0. The summed E-state index contributed by atoms with van der Waals surface area (Å²) in [5.74, 6) is 1.63. The minimum absolute atomic E-state index is 0.631. The standard InChI is InChI=1S/C10H18N2O/c1-8(2)5-9-10(6-12(3)4)13-7-11-9/h7-8H,5-6H2,1-4H3. The van der Waals surface area contributed by atoms with E-state index in [0.29, 0.717) is 5.92 Å². The summed E-state index contributed by atoms with van der Waals surface area (Å²) in [6, 6.07) is 0. The maximum Gasteiger partial charge on any atom is 0.181 e. The number of hydrogen-bond donors (Lipinski definition) is 0. The zero-order valence-corrected chi connectivity index (χ0v) is 8.87. The molecule has 0 aromatic carbocycles. The Morgan fingerprint density at radius 2 is 2.15 bits per heavy atom. The average Bonchev–Trinajstić information content (AvgIpc) is 2.34. The van der Waals surface area contributed by atoms with Crippen LogP contribution in [0.4, 0.5) is 0 Å². The first-order chi connectivity index (χ1) is 6.09. The van der Waals surface area contributed by atoms with E-state index in [-0.39, 0.29) is 0 Å². The molecule has 0 N–H and O–H groups in total. The van der Waals surface area contributed by atoms with Gasteiger partial charge in [-0.3, -0.25) is 0 Å². The number of aromatic nitrogens is 1. The first kappa shape index (κ1) is 10.3. The van der Waals surface area contributed by atoms with Crippen LogP contribution in [0.15, 0.2) is 10.8 Å². The Bertz CT molecular complexity index is 229. The average molecular weight is 182 g/mol. The summed E-state index contributed by atoms with van der Waals surface area (Å²) < 4.78 is 5.32. The third-order valence-electron chi connectivity index (χ3n) is 1.79. The van der Waals surface area contributed by atoms with Crippen molar-refractivity contribution in [3.8, 4) is 0 Å². The Balaban J connectivity index is 2.65. The van der Waals surface area contributed by atoms with Gasteiger partial charge in [0.05, 0.1) is 12.2 Å². The molecule has 0 radical (unpaired) electrons. The number of rotatable bonds is 4. The molecule has 3 nitrogen and oxygen atoms in total. The van der Waals surface area contributed by atoms with E-state index in [1.54, 1.807) is 0 Å². The summed E-state index contributed by atoms with van der Waals surface area (Å²) in [5.41, 5.74) is 1.10. The van der Waals surface area contributed by atoms with Gasteiger partial charge < -0.3 is 9.32 Å². The Morgan fingerprint density at radius 3 is 2.69 bits per heavy atom. The highest BCUT2D eigenvalue weighted by Gasteiger charge is 2.10. The number of hydrogen-bond acceptors (Lipinski definition) is 3. The van der Waals surface area contributed by atoms with Crippen LogP contribution in [0.5, 0.6) is 0 Å². The van der Waals surface area contributed by atoms with Crippen molar-refractivity contribution in [2.45, 2.75) is 26.8 Å². The van der Waals surface area contributed by atoms with Crippen LogP contribution in [-0.2, 0) is 13.0 Å². The molecule has 0 bridgehead atoms. The quantitative estimate of drug-likeness (QED) is 0.712. The van der Waals surface area contributed by atoms with Gasteiger partial charge in [0.1, 0.15) is 5.76 Å². The van der Waals surface area contributed by atoms with Gasteiger partial charge in [0, 0.05) is 0 Å². The molecule has 1 aromatic rings. The third kappa shape index (κ3) is 3.19. The topological polar surface area (TPSA) is 29.3 Å². The molecule has 13 heavy (non-hydrogen) atoms. The van der Waals surface area contributed by atoms with Gasteiger partial charge in [0.25, 0.3) is 0 Å². The fourth-order valence-corrected chi connectivity index (χ4v) is 1.26. The summed E-state index contributed by atoms with van der Waals surface area (Å²) in [4.78, 5) is 6.30. The van der Waals surface area contributed by atoms with Crippen LogP contribution in [-0.4, -0.2) is 24.0 Å². The number of nitrogens with zero attached hydrogens (tertiary/aromatic N) is 2. The van der Waals surface area contributed by atoms with Gasteiger partial charge in [-0.1, -0.05) is 13.8 Å². The van der Waals surface area contributed by atoms with Crippen molar-refractivity contribution in [2.24, 2.45) is 5.92 Å². The molecule has 1 rings (SSSR count). The van der Waals surface area contributed by atoms with Crippen molar-refractivity contribution in [1.82, 2.24) is 9.88 Å². The van der Waals surface area contributed by atoms with E-state index in [0.717, 1.165) is 24.4 Å².